The first kappa shape index (κ1) is 42.5. The van der Waals surface area contributed by atoms with Crippen molar-refractivity contribution < 1.29 is 0 Å². The monoisotopic (exact) mass is 844 g/mol. The number of rotatable bonds is 6. The second-order valence-electron chi connectivity index (χ2n) is 17.6. The van der Waals surface area contributed by atoms with E-state index in [1.54, 1.807) is 16.0 Å². The van der Waals surface area contributed by atoms with Crippen LogP contribution in [0.3, 0.4) is 0 Å². The summed E-state index contributed by atoms with van der Waals surface area (Å²) >= 11 is 1.98. The van der Waals surface area contributed by atoms with Crippen LogP contribution in [0.15, 0.2) is 195 Å². The summed E-state index contributed by atoms with van der Waals surface area (Å²) < 4.78 is 1.45. The highest BCUT2D eigenvalue weighted by Gasteiger charge is 2.47. The maximum atomic E-state index is 4.35. The van der Waals surface area contributed by atoms with Crippen LogP contribution in [-0.4, -0.2) is 0 Å². The van der Waals surface area contributed by atoms with E-state index in [0.29, 0.717) is 5.92 Å². The third kappa shape index (κ3) is 7.69. The highest BCUT2D eigenvalue weighted by atomic mass is 32.1. The fourth-order valence-electron chi connectivity index (χ4n) is 10.1. The molecule has 0 saturated heterocycles. The standard InChI is InChI=1S/C41H32.C15H16S.C7H8/c1-5-34-35(6-2)40-36-22-18-28(4)24-38(36)41(32-13-9-7-10-14-32,33-15-11-8-12-16-33)39(40)26-37(34)31-21-20-29-23-27(3)17-19-30(29)25-31;1-10(2)11-7-5-9-14-15(11)12-6-3-4-8-13(12)16-14;1-7-5-3-2-4-6-7/h5-26H,1-2H2,3-4H3;3-4,6-8,10H,5,9H2,1-2H3;2-6H,1H3. The van der Waals surface area contributed by atoms with Gasteiger partial charge in [0.2, 0.25) is 0 Å². The maximum Gasteiger partial charge on any atom is 0.0714 e. The van der Waals surface area contributed by atoms with Gasteiger partial charge in [-0.05, 0) is 135 Å². The minimum atomic E-state index is -0.473. The zero-order valence-electron chi connectivity index (χ0n) is 37.8. The van der Waals surface area contributed by atoms with E-state index < -0.39 is 5.41 Å². The summed E-state index contributed by atoms with van der Waals surface area (Å²) in [6, 6.07) is 63.9. The average molecular weight is 845 g/mol. The molecule has 0 N–H and O–H groups in total. The van der Waals surface area contributed by atoms with Crippen LogP contribution >= 0.6 is 11.3 Å². The zero-order chi connectivity index (χ0) is 44.4. The minimum absolute atomic E-state index is 0.473. The molecule has 0 aliphatic heterocycles. The van der Waals surface area contributed by atoms with Crippen LogP contribution in [0.5, 0.6) is 0 Å². The first-order valence-electron chi connectivity index (χ1n) is 22.6. The van der Waals surface area contributed by atoms with E-state index >= 15 is 0 Å². The predicted molar refractivity (Wildman–Crippen MR) is 280 cm³/mol. The Bertz CT molecular complexity index is 3140. The molecule has 2 aliphatic rings. The van der Waals surface area contributed by atoms with Gasteiger partial charge >= 0.3 is 0 Å². The van der Waals surface area contributed by atoms with E-state index in [2.05, 4.69) is 212 Å². The molecule has 0 atom stereocenters. The van der Waals surface area contributed by atoms with Crippen LogP contribution in [0.4, 0.5) is 0 Å². The summed E-state index contributed by atoms with van der Waals surface area (Å²) in [6.07, 6.45) is 8.91. The van der Waals surface area contributed by atoms with Crippen LogP contribution in [0.2, 0.25) is 0 Å². The normalized spacial score (nSPS) is 13.1. The molecule has 0 amide bonds. The summed E-state index contributed by atoms with van der Waals surface area (Å²) in [5, 5.41) is 3.95. The Morgan fingerprint density at radius 1 is 0.531 bits per heavy atom. The van der Waals surface area contributed by atoms with Crippen molar-refractivity contribution in [3.63, 3.8) is 0 Å². The molecule has 0 unspecified atom stereocenters. The van der Waals surface area contributed by atoms with Gasteiger partial charge < -0.3 is 0 Å². The van der Waals surface area contributed by atoms with Gasteiger partial charge in [-0.15, -0.1) is 11.3 Å². The van der Waals surface area contributed by atoms with E-state index in [1.807, 2.05) is 41.7 Å². The van der Waals surface area contributed by atoms with Crippen LogP contribution in [-0.2, 0) is 11.8 Å². The molecule has 9 aromatic rings. The fraction of sp³-hybridized carbons (Fsp3) is 0.143. The Balaban J connectivity index is 0.000000183. The lowest BCUT2D eigenvalue weighted by atomic mass is 9.67. The van der Waals surface area contributed by atoms with Crippen LogP contribution in [0.1, 0.15) is 80.8 Å². The van der Waals surface area contributed by atoms with Gasteiger partial charge in [0.05, 0.1) is 5.41 Å². The SMILES string of the molecule is C=Cc1c(-c2ccc3cc(C)ccc3c2)cc2c(c1C=C)-c1ccc(C)cc1C2(c1ccccc1)c1ccccc1.CC(C)C1=CCCc2sc3ccccc3c21.Cc1ccccc1. The topological polar surface area (TPSA) is 0 Å². The zero-order valence-corrected chi connectivity index (χ0v) is 38.6. The third-order valence-electron chi connectivity index (χ3n) is 13.0. The quantitative estimate of drug-likeness (QED) is 0.156. The molecule has 0 radical (unpaired) electrons. The molecular formula is C63H56S. The summed E-state index contributed by atoms with van der Waals surface area (Å²) in [5.41, 5.74) is 18.7. The van der Waals surface area contributed by atoms with E-state index in [9.17, 15) is 0 Å². The Labute approximate surface area is 384 Å². The van der Waals surface area contributed by atoms with Crippen molar-refractivity contribution in [3.05, 3.63) is 256 Å². The number of aryl methyl sites for hydroxylation is 4. The van der Waals surface area contributed by atoms with Crippen molar-refractivity contribution in [2.75, 3.05) is 0 Å². The fourth-order valence-corrected chi connectivity index (χ4v) is 11.4. The summed E-state index contributed by atoms with van der Waals surface area (Å²) in [6.45, 7) is 19.7. The first-order valence-corrected chi connectivity index (χ1v) is 23.5. The molecule has 0 fully saturated rings. The Kier molecular flexibility index (Phi) is 12.0. The van der Waals surface area contributed by atoms with Crippen LogP contribution < -0.4 is 0 Å². The van der Waals surface area contributed by atoms with E-state index in [0.717, 1.165) is 11.1 Å². The van der Waals surface area contributed by atoms with Gasteiger partial charge in [0, 0.05) is 15.0 Å². The lowest BCUT2D eigenvalue weighted by molar-refractivity contribution is 0.767. The van der Waals surface area contributed by atoms with Crippen molar-refractivity contribution in [1.82, 2.24) is 0 Å². The molecule has 1 aromatic heterocycles. The van der Waals surface area contributed by atoms with Gasteiger partial charge in [0.15, 0.2) is 0 Å². The lowest BCUT2D eigenvalue weighted by Crippen LogP contribution is -2.28. The number of hydrogen-bond donors (Lipinski definition) is 0. The Morgan fingerprint density at radius 3 is 1.77 bits per heavy atom. The highest BCUT2D eigenvalue weighted by molar-refractivity contribution is 7.19. The number of fused-ring (bicyclic) bond motifs is 7. The summed E-state index contributed by atoms with van der Waals surface area (Å²) in [5.74, 6) is 0.636. The van der Waals surface area contributed by atoms with Crippen molar-refractivity contribution in [2.24, 2.45) is 5.92 Å². The van der Waals surface area contributed by atoms with Gasteiger partial charge in [-0.25, -0.2) is 0 Å². The largest absolute Gasteiger partial charge is 0.140 e. The maximum absolute atomic E-state index is 4.35. The number of benzene rings is 8. The number of allylic oxidation sites excluding steroid dienone is 2. The number of hydrogen-bond acceptors (Lipinski definition) is 1. The van der Waals surface area contributed by atoms with Crippen molar-refractivity contribution in [1.29, 1.82) is 0 Å². The van der Waals surface area contributed by atoms with Gasteiger partial charge in [0.25, 0.3) is 0 Å². The van der Waals surface area contributed by atoms with E-state index in [-0.39, 0.29) is 0 Å². The van der Waals surface area contributed by atoms with Crippen LogP contribution in [0.25, 0.3) is 60.8 Å². The Morgan fingerprint density at radius 2 is 1.12 bits per heavy atom. The van der Waals surface area contributed by atoms with Gasteiger partial charge in [0.1, 0.15) is 0 Å². The molecule has 8 aromatic carbocycles. The predicted octanol–water partition coefficient (Wildman–Crippen LogP) is 17.7. The lowest BCUT2D eigenvalue weighted by Gasteiger charge is -2.34. The molecule has 0 nitrogen and oxygen atoms in total. The van der Waals surface area contributed by atoms with Crippen LogP contribution in [0, 0.1) is 26.7 Å². The van der Waals surface area contributed by atoms with E-state index in [4.69, 9.17) is 0 Å². The second-order valence-corrected chi connectivity index (χ2v) is 18.7. The molecule has 1 heterocycles. The van der Waals surface area contributed by atoms with E-state index in [1.165, 1.54) is 94.9 Å². The summed E-state index contributed by atoms with van der Waals surface area (Å²) in [4.78, 5) is 1.59. The molecule has 64 heavy (non-hydrogen) atoms. The molecule has 11 rings (SSSR count). The number of thiophene rings is 1. The summed E-state index contributed by atoms with van der Waals surface area (Å²) in [7, 11) is 0. The van der Waals surface area contributed by atoms with Crippen molar-refractivity contribution >= 4 is 49.9 Å². The first-order chi connectivity index (χ1) is 31.2. The third-order valence-corrected chi connectivity index (χ3v) is 14.3. The minimum Gasteiger partial charge on any atom is -0.140 e. The van der Waals surface area contributed by atoms with Gasteiger partial charge in [-0.1, -0.05) is 220 Å². The van der Waals surface area contributed by atoms with Gasteiger partial charge in [-0.3, -0.25) is 0 Å². The molecular weight excluding hydrogens is 789 g/mol. The van der Waals surface area contributed by atoms with Gasteiger partial charge in [-0.2, -0.15) is 0 Å². The molecule has 1 heteroatoms. The Hall–Kier alpha value is -6.80. The highest BCUT2D eigenvalue weighted by Crippen LogP contribution is 2.59. The molecule has 0 bridgehead atoms. The molecule has 2 aliphatic carbocycles. The molecule has 0 saturated carbocycles. The molecule has 314 valence electrons. The average Bonchev–Trinajstić information content (AvgIpc) is 3.85. The smallest absolute Gasteiger partial charge is 0.0714 e. The second kappa shape index (κ2) is 18.1. The van der Waals surface area contributed by atoms with Crippen molar-refractivity contribution in [3.8, 4) is 22.3 Å². The molecule has 0 spiro atoms. The van der Waals surface area contributed by atoms with Crippen molar-refractivity contribution in [2.45, 2.75) is 52.9 Å².